The topological polar surface area (TPSA) is 88.8 Å². The van der Waals surface area contributed by atoms with Gasteiger partial charge in [0.05, 0.1) is 7.11 Å². The summed E-state index contributed by atoms with van der Waals surface area (Å²) < 4.78 is 16.9. The van der Waals surface area contributed by atoms with Gasteiger partial charge in [0.25, 0.3) is 0 Å². The zero-order valence-corrected chi connectivity index (χ0v) is 16.1. The van der Waals surface area contributed by atoms with Crippen LogP contribution in [0.4, 0.5) is 0 Å². The number of hydrogen-bond donors (Lipinski definition) is 1. The predicted octanol–water partition coefficient (Wildman–Crippen LogP) is 4.27. The Morgan fingerprint density at radius 3 is 2.39 bits per heavy atom. The van der Waals surface area contributed by atoms with E-state index in [-0.39, 0.29) is 5.57 Å². The molecule has 2 aromatic rings. The normalized spacial score (nSPS) is 11.0. The molecular formula is C22H23NO5. The first-order valence-electron chi connectivity index (χ1n) is 8.84. The molecular weight excluding hydrogens is 358 g/mol. The SMILES string of the molecule is COc1cc(C=C(C#N)C(=O)O)ccc1OCCOc1ccccc1C(C)C. The average molecular weight is 381 g/mol. The van der Waals surface area contributed by atoms with Crippen LogP contribution in [0.5, 0.6) is 17.2 Å². The summed E-state index contributed by atoms with van der Waals surface area (Å²) in [6, 6.07) is 14.5. The minimum Gasteiger partial charge on any atom is -0.493 e. The molecule has 0 atom stereocenters. The fraction of sp³-hybridized carbons (Fsp3) is 0.273. The van der Waals surface area contributed by atoms with Gasteiger partial charge < -0.3 is 19.3 Å². The third-order valence-corrected chi connectivity index (χ3v) is 3.99. The summed E-state index contributed by atoms with van der Waals surface area (Å²) in [5, 5.41) is 17.8. The molecule has 0 saturated heterocycles. The highest BCUT2D eigenvalue weighted by molar-refractivity contribution is 5.96. The van der Waals surface area contributed by atoms with Crippen molar-refractivity contribution in [3.8, 4) is 23.3 Å². The van der Waals surface area contributed by atoms with Gasteiger partial charge in [-0.25, -0.2) is 4.79 Å². The molecule has 0 aliphatic rings. The first-order chi connectivity index (χ1) is 13.5. The maximum atomic E-state index is 11.0. The second-order valence-corrected chi connectivity index (χ2v) is 6.27. The van der Waals surface area contributed by atoms with Crippen LogP contribution < -0.4 is 14.2 Å². The Kier molecular flexibility index (Phi) is 7.46. The number of carboxylic acids is 1. The Hall–Kier alpha value is -3.46. The monoisotopic (exact) mass is 381 g/mol. The highest BCUT2D eigenvalue weighted by atomic mass is 16.5. The van der Waals surface area contributed by atoms with Crippen LogP contribution in [0, 0.1) is 11.3 Å². The Bertz CT molecular complexity index is 896. The van der Waals surface area contributed by atoms with E-state index in [1.165, 1.54) is 13.2 Å². The van der Waals surface area contributed by atoms with Crippen molar-refractivity contribution in [2.24, 2.45) is 0 Å². The van der Waals surface area contributed by atoms with Gasteiger partial charge in [0.1, 0.15) is 30.6 Å². The van der Waals surface area contributed by atoms with Crippen molar-refractivity contribution in [3.05, 3.63) is 59.2 Å². The number of aliphatic carboxylic acids is 1. The van der Waals surface area contributed by atoms with Crippen molar-refractivity contribution in [1.82, 2.24) is 0 Å². The van der Waals surface area contributed by atoms with Crippen LogP contribution in [0.15, 0.2) is 48.0 Å². The van der Waals surface area contributed by atoms with Gasteiger partial charge in [-0.05, 0) is 41.3 Å². The van der Waals surface area contributed by atoms with Gasteiger partial charge >= 0.3 is 5.97 Å². The smallest absolute Gasteiger partial charge is 0.346 e. The first kappa shape index (κ1) is 20.8. The van der Waals surface area contributed by atoms with Gasteiger partial charge in [0.2, 0.25) is 0 Å². The number of rotatable bonds is 9. The molecule has 28 heavy (non-hydrogen) atoms. The van der Waals surface area contributed by atoms with Crippen molar-refractivity contribution in [2.45, 2.75) is 19.8 Å². The van der Waals surface area contributed by atoms with Crippen LogP contribution in [-0.4, -0.2) is 31.4 Å². The molecule has 0 bridgehead atoms. The third-order valence-electron chi connectivity index (χ3n) is 3.99. The summed E-state index contributed by atoms with van der Waals surface area (Å²) in [4.78, 5) is 11.0. The lowest BCUT2D eigenvalue weighted by molar-refractivity contribution is -0.132. The van der Waals surface area contributed by atoms with E-state index in [0.29, 0.717) is 36.2 Å². The van der Waals surface area contributed by atoms with E-state index < -0.39 is 5.97 Å². The number of para-hydroxylation sites is 1. The van der Waals surface area contributed by atoms with Crippen LogP contribution in [0.1, 0.15) is 30.9 Å². The van der Waals surface area contributed by atoms with Gasteiger partial charge in [0, 0.05) is 0 Å². The molecule has 2 aromatic carbocycles. The molecule has 0 unspecified atom stereocenters. The lowest BCUT2D eigenvalue weighted by Crippen LogP contribution is -2.10. The number of methoxy groups -OCH3 is 1. The van der Waals surface area contributed by atoms with E-state index >= 15 is 0 Å². The molecule has 0 spiro atoms. The van der Waals surface area contributed by atoms with E-state index in [4.69, 9.17) is 24.6 Å². The van der Waals surface area contributed by atoms with Crippen LogP contribution in [0.3, 0.4) is 0 Å². The highest BCUT2D eigenvalue weighted by Gasteiger charge is 2.10. The van der Waals surface area contributed by atoms with E-state index in [1.807, 2.05) is 24.3 Å². The van der Waals surface area contributed by atoms with Gasteiger partial charge in [-0.15, -0.1) is 0 Å². The summed E-state index contributed by atoms with van der Waals surface area (Å²) in [5.41, 5.74) is 1.32. The molecule has 0 heterocycles. The zero-order valence-electron chi connectivity index (χ0n) is 16.1. The largest absolute Gasteiger partial charge is 0.493 e. The number of ether oxygens (including phenoxy) is 3. The van der Waals surface area contributed by atoms with Crippen molar-refractivity contribution in [3.63, 3.8) is 0 Å². The maximum Gasteiger partial charge on any atom is 0.346 e. The molecule has 0 aromatic heterocycles. The molecule has 2 rings (SSSR count). The van der Waals surface area contributed by atoms with Crippen LogP contribution in [-0.2, 0) is 4.79 Å². The van der Waals surface area contributed by atoms with Gasteiger partial charge in [-0.1, -0.05) is 38.1 Å². The zero-order chi connectivity index (χ0) is 20.5. The number of nitriles is 1. The minimum absolute atomic E-state index is 0.316. The Morgan fingerprint density at radius 2 is 1.79 bits per heavy atom. The highest BCUT2D eigenvalue weighted by Crippen LogP contribution is 2.29. The quantitative estimate of drug-likeness (QED) is 0.396. The second-order valence-electron chi connectivity index (χ2n) is 6.27. The van der Waals surface area contributed by atoms with E-state index in [1.54, 1.807) is 24.3 Å². The lowest BCUT2D eigenvalue weighted by Gasteiger charge is -2.15. The molecule has 1 N–H and O–H groups in total. The molecule has 0 fully saturated rings. The summed E-state index contributed by atoms with van der Waals surface area (Å²) in [5.74, 6) is 0.877. The van der Waals surface area contributed by atoms with Crippen LogP contribution in [0.25, 0.3) is 6.08 Å². The predicted molar refractivity (Wildman–Crippen MR) is 106 cm³/mol. The standard InChI is InChI=1S/C22H23NO5/c1-15(2)18-6-4-5-7-19(18)27-10-11-28-20-9-8-16(13-21(20)26-3)12-17(14-23)22(24)25/h4-9,12-13,15H,10-11H2,1-3H3,(H,24,25). The van der Waals surface area contributed by atoms with Gasteiger partial charge in [-0.2, -0.15) is 5.26 Å². The van der Waals surface area contributed by atoms with Crippen molar-refractivity contribution in [1.29, 1.82) is 5.26 Å². The summed E-state index contributed by atoms with van der Waals surface area (Å²) in [7, 11) is 1.49. The molecule has 0 aliphatic carbocycles. The van der Waals surface area contributed by atoms with Gasteiger partial charge in [-0.3, -0.25) is 0 Å². The Morgan fingerprint density at radius 1 is 1.11 bits per heavy atom. The van der Waals surface area contributed by atoms with Crippen molar-refractivity contribution in [2.75, 3.05) is 20.3 Å². The summed E-state index contributed by atoms with van der Waals surface area (Å²) >= 11 is 0. The number of carboxylic acid groups (broad SMARTS) is 1. The fourth-order valence-corrected chi connectivity index (χ4v) is 2.59. The van der Waals surface area contributed by atoms with E-state index in [9.17, 15) is 4.79 Å². The molecule has 146 valence electrons. The molecule has 0 saturated carbocycles. The van der Waals surface area contributed by atoms with E-state index in [0.717, 1.165) is 11.3 Å². The van der Waals surface area contributed by atoms with Crippen LogP contribution >= 0.6 is 0 Å². The molecule has 0 amide bonds. The average Bonchev–Trinajstić information content (AvgIpc) is 2.69. The molecule has 0 radical (unpaired) electrons. The molecule has 6 nitrogen and oxygen atoms in total. The Labute approximate surface area is 164 Å². The van der Waals surface area contributed by atoms with Gasteiger partial charge in [0.15, 0.2) is 11.5 Å². The summed E-state index contributed by atoms with van der Waals surface area (Å²) in [6.45, 7) is 4.91. The first-order valence-corrected chi connectivity index (χ1v) is 8.84. The third kappa shape index (κ3) is 5.52. The summed E-state index contributed by atoms with van der Waals surface area (Å²) in [6.07, 6.45) is 1.28. The number of hydrogen-bond acceptors (Lipinski definition) is 5. The number of nitrogens with zero attached hydrogens (tertiary/aromatic N) is 1. The minimum atomic E-state index is -1.28. The van der Waals surface area contributed by atoms with Crippen molar-refractivity contribution < 1.29 is 24.1 Å². The fourth-order valence-electron chi connectivity index (χ4n) is 2.59. The molecule has 0 aliphatic heterocycles. The van der Waals surface area contributed by atoms with E-state index in [2.05, 4.69) is 13.8 Å². The molecule has 6 heteroatoms. The number of benzene rings is 2. The number of carbonyl (C=O) groups is 1. The van der Waals surface area contributed by atoms with Crippen LogP contribution in [0.2, 0.25) is 0 Å². The lowest BCUT2D eigenvalue weighted by atomic mass is 10.0. The Balaban J connectivity index is 2.01. The van der Waals surface area contributed by atoms with Crippen molar-refractivity contribution >= 4 is 12.0 Å². The maximum absolute atomic E-state index is 11.0. The second kappa shape index (κ2) is 10.0.